The summed E-state index contributed by atoms with van der Waals surface area (Å²) in [7, 11) is -1.27. The number of hydrogen-bond acceptors (Lipinski definition) is 13. The molecule has 3 atom stereocenters. The molecule has 222 valence electrons. The Labute approximate surface area is 236 Å². The number of anilines is 2. The summed E-state index contributed by atoms with van der Waals surface area (Å²) in [5, 5.41) is 7.50. The van der Waals surface area contributed by atoms with Crippen molar-refractivity contribution >= 4 is 21.9 Å². The summed E-state index contributed by atoms with van der Waals surface area (Å²) in [4.78, 5) is 18.1. The molecular formula is C24H32FN9O6S. The molecule has 2 saturated heterocycles. The van der Waals surface area contributed by atoms with Crippen LogP contribution in [0, 0.1) is 5.82 Å². The van der Waals surface area contributed by atoms with Crippen molar-refractivity contribution in [3.05, 3.63) is 30.4 Å². The van der Waals surface area contributed by atoms with Crippen molar-refractivity contribution in [1.29, 1.82) is 0 Å². The molecule has 3 aromatic heterocycles. The summed E-state index contributed by atoms with van der Waals surface area (Å²) in [5.41, 5.74) is 0.219. The number of hydrogen-bond donors (Lipinski definition) is 1. The second-order valence-corrected chi connectivity index (χ2v) is 11.8. The van der Waals surface area contributed by atoms with Gasteiger partial charge in [-0.25, -0.2) is 22.8 Å². The van der Waals surface area contributed by atoms with Gasteiger partial charge in [0.05, 0.1) is 38.8 Å². The fourth-order valence-electron chi connectivity index (χ4n) is 4.97. The molecule has 2 aliphatic heterocycles. The monoisotopic (exact) mass is 593 g/mol. The summed E-state index contributed by atoms with van der Waals surface area (Å²) in [6.07, 6.45) is 3.94. The van der Waals surface area contributed by atoms with E-state index in [2.05, 4.69) is 34.9 Å². The number of piperidine rings is 1. The minimum absolute atomic E-state index is 0.0345. The van der Waals surface area contributed by atoms with Crippen molar-refractivity contribution in [2.24, 2.45) is 0 Å². The van der Waals surface area contributed by atoms with Crippen LogP contribution < -0.4 is 19.1 Å². The second-order valence-electron chi connectivity index (χ2n) is 9.88. The van der Waals surface area contributed by atoms with Crippen LogP contribution in [-0.4, -0.2) is 94.5 Å². The number of ether oxygens (including phenoxy) is 4. The number of rotatable bonds is 10. The zero-order valence-corrected chi connectivity index (χ0v) is 23.9. The van der Waals surface area contributed by atoms with Crippen LogP contribution in [0.5, 0.6) is 11.8 Å². The normalized spacial score (nSPS) is 21.3. The van der Waals surface area contributed by atoms with Gasteiger partial charge in [-0.05, 0) is 33.1 Å². The van der Waals surface area contributed by atoms with E-state index >= 15 is 0 Å². The molecule has 3 aromatic rings. The smallest absolute Gasteiger partial charge is 0.245 e. The van der Waals surface area contributed by atoms with Crippen LogP contribution in [0.3, 0.4) is 0 Å². The number of methoxy groups -OCH3 is 2. The molecule has 0 aliphatic carbocycles. The first-order chi connectivity index (χ1) is 19.7. The van der Waals surface area contributed by atoms with Gasteiger partial charge in [-0.1, -0.05) is 0 Å². The first-order valence-corrected chi connectivity index (χ1v) is 14.6. The molecule has 17 heteroatoms. The summed E-state index contributed by atoms with van der Waals surface area (Å²) in [6, 6.07) is 0. The van der Waals surface area contributed by atoms with Crippen molar-refractivity contribution in [3.8, 4) is 17.4 Å². The van der Waals surface area contributed by atoms with Crippen LogP contribution in [0.1, 0.15) is 45.0 Å². The van der Waals surface area contributed by atoms with Crippen LogP contribution in [-0.2, 0) is 19.5 Å². The highest BCUT2D eigenvalue weighted by atomic mass is 32.2. The molecule has 0 unspecified atom stereocenters. The minimum atomic E-state index is -4.12. The second kappa shape index (κ2) is 12.0. The highest BCUT2D eigenvalue weighted by molar-refractivity contribution is 7.93. The van der Waals surface area contributed by atoms with Crippen molar-refractivity contribution in [1.82, 2.24) is 34.7 Å². The summed E-state index contributed by atoms with van der Waals surface area (Å²) < 4.78 is 68.2. The molecule has 0 bridgehead atoms. The maximum atomic E-state index is 13.9. The Morgan fingerprint density at radius 2 is 1.78 bits per heavy atom. The van der Waals surface area contributed by atoms with Gasteiger partial charge in [-0.3, -0.25) is 9.29 Å². The Kier molecular flexibility index (Phi) is 8.46. The SMILES string of the molecule is COc1ncnc(OC)c1-n1c(NS(=O)(=O)[C@@H]2C[C@H](OC(C)C)CN(c3ncc(F)cn3)C2)nnc1[C@H]1CCCO1. The molecule has 0 amide bonds. The molecule has 0 radical (unpaired) electrons. The van der Waals surface area contributed by atoms with E-state index in [1.165, 1.54) is 25.1 Å². The van der Waals surface area contributed by atoms with E-state index in [1.807, 2.05) is 13.8 Å². The van der Waals surface area contributed by atoms with Gasteiger partial charge in [0.25, 0.3) is 0 Å². The lowest BCUT2D eigenvalue weighted by atomic mass is 10.1. The average Bonchev–Trinajstić information content (AvgIpc) is 3.62. The Morgan fingerprint density at radius 1 is 1.07 bits per heavy atom. The molecule has 0 spiro atoms. The molecule has 5 heterocycles. The highest BCUT2D eigenvalue weighted by Crippen LogP contribution is 2.37. The molecule has 5 rings (SSSR count). The predicted octanol–water partition coefficient (Wildman–Crippen LogP) is 1.67. The van der Waals surface area contributed by atoms with Gasteiger partial charge in [0.2, 0.25) is 33.7 Å². The molecule has 2 aliphatic rings. The first-order valence-electron chi connectivity index (χ1n) is 13.1. The fourth-order valence-corrected chi connectivity index (χ4v) is 6.37. The highest BCUT2D eigenvalue weighted by Gasteiger charge is 2.39. The van der Waals surface area contributed by atoms with E-state index in [4.69, 9.17) is 18.9 Å². The van der Waals surface area contributed by atoms with E-state index < -0.39 is 33.3 Å². The third kappa shape index (κ3) is 6.15. The Balaban J connectivity index is 1.52. The lowest BCUT2D eigenvalue weighted by Crippen LogP contribution is -2.51. The standard InChI is InChI=1S/C24H32FN9O6S/c1-14(2)40-16-8-17(12-33(11-16)23-26-9-15(25)10-27-23)41(35,36)32-24-31-30-20(18-6-5-7-39-18)34(24)19-21(37-3)28-13-29-22(19)38-4/h9-10,13-14,16-18H,5-8,11-12H2,1-4H3,(H,31,32)/t16-,17+,18+/m0/s1. The Hall–Kier alpha value is -3.70. The van der Waals surface area contributed by atoms with Gasteiger partial charge >= 0.3 is 0 Å². The molecule has 15 nitrogen and oxygen atoms in total. The van der Waals surface area contributed by atoms with Gasteiger partial charge < -0.3 is 23.8 Å². The summed E-state index contributed by atoms with van der Waals surface area (Å²) in [5.74, 6) is 0.0844. The van der Waals surface area contributed by atoms with Crippen molar-refractivity contribution < 1.29 is 31.8 Å². The lowest BCUT2D eigenvalue weighted by Gasteiger charge is -2.37. The summed E-state index contributed by atoms with van der Waals surface area (Å²) in [6.45, 7) is 4.64. The number of halogens is 1. The zero-order valence-electron chi connectivity index (χ0n) is 23.1. The van der Waals surface area contributed by atoms with Crippen LogP contribution in [0.25, 0.3) is 5.69 Å². The number of sulfonamides is 1. The quantitative estimate of drug-likeness (QED) is 0.361. The average molecular weight is 594 g/mol. The van der Waals surface area contributed by atoms with E-state index in [1.54, 1.807) is 4.90 Å². The van der Waals surface area contributed by atoms with Crippen molar-refractivity contribution in [2.45, 2.75) is 56.7 Å². The third-order valence-electron chi connectivity index (χ3n) is 6.67. The molecule has 1 N–H and O–H groups in total. The van der Waals surface area contributed by atoms with Gasteiger partial charge in [-0.15, -0.1) is 10.2 Å². The number of aromatic nitrogens is 7. The van der Waals surface area contributed by atoms with E-state index in [0.717, 1.165) is 18.8 Å². The van der Waals surface area contributed by atoms with E-state index in [-0.39, 0.29) is 48.4 Å². The van der Waals surface area contributed by atoms with Crippen molar-refractivity contribution in [3.63, 3.8) is 0 Å². The maximum absolute atomic E-state index is 13.9. The first kappa shape index (κ1) is 28.8. The van der Waals surface area contributed by atoms with Crippen LogP contribution in [0.4, 0.5) is 16.3 Å². The van der Waals surface area contributed by atoms with Gasteiger partial charge in [0.15, 0.2) is 17.3 Å². The van der Waals surface area contributed by atoms with Crippen LogP contribution in [0.15, 0.2) is 18.7 Å². The lowest BCUT2D eigenvalue weighted by molar-refractivity contribution is 0.00147. The Morgan fingerprint density at radius 3 is 2.39 bits per heavy atom. The van der Waals surface area contributed by atoms with Crippen molar-refractivity contribution in [2.75, 3.05) is 43.5 Å². The van der Waals surface area contributed by atoms with Gasteiger partial charge in [0.1, 0.15) is 17.7 Å². The largest absolute Gasteiger partial charge is 0.479 e. The zero-order chi connectivity index (χ0) is 29.1. The Bertz CT molecular complexity index is 1430. The summed E-state index contributed by atoms with van der Waals surface area (Å²) >= 11 is 0. The maximum Gasteiger partial charge on any atom is 0.245 e. The third-order valence-corrected chi connectivity index (χ3v) is 8.36. The molecular weight excluding hydrogens is 561 g/mol. The topological polar surface area (TPSA) is 169 Å². The predicted molar refractivity (Wildman–Crippen MR) is 143 cm³/mol. The van der Waals surface area contributed by atoms with E-state index in [0.29, 0.717) is 25.4 Å². The van der Waals surface area contributed by atoms with Crippen LogP contribution in [0.2, 0.25) is 0 Å². The molecule has 2 fully saturated rings. The molecule has 0 aromatic carbocycles. The van der Waals surface area contributed by atoms with Crippen LogP contribution >= 0.6 is 0 Å². The number of nitrogens with zero attached hydrogens (tertiary/aromatic N) is 8. The van der Waals surface area contributed by atoms with E-state index in [9.17, 15) is 12.8 Å². The van der Waals surface area contributed by atoms with Gasteiger partial charge in [-0.2, -0.15) is 9.97 Å². The molecule has 41 heavy (non-hydrogen) atoms. The minimum Gasteiger partial charge on any atom is -0.479 e. The van der Waals surface area contributed by atoms with Gasteiger partial charge in [0, 0.05) is 19.7 Å². The molecule has 0 saturated carbocycles. The number of nitrogens with one attached hydrogen (secondary N) is 1. The fraction of sp³-hybridized carbons (Fsp3) is 0.583.